The fraction of sp³-hybridized carbons (Fsp3) is 0.688. The molecule has 1 fully saturated rings. The molecule has 0 aromatic carbocycles. The number of hydrogen-bond acceptors (Lipinski definition) is 4. The summed E-state index contributed by atoms with van der Waals surface area (Å²) in [6.07, 6.45) is 2.99. The number of rotatable bonds is 6. The number of amides is 3. The van der Waals surface area contributed by atoms with Crippen LogP contribution in [0, 0.1) is 5.92 Å². The van der Waals surface area contributed by atoms with Crippen LogP contribution in [-0.4, -0.2) is 41.5 Å². The molecule has 0 unspecified atom stereocenters. The quantitative estimate of drug-likeness (QED) is 0.832. The summed E-state index contributed by atoms with van der Waals surface area (Å²) in [6, 6.07) is -0.0570. The number of primary amides is 1. The topological polar surface area (TPSA) is 88.3 Å². The number of nitrogens with two attached hydrogens (primary N) is 1. The molecule has 1 aliphatic rings. The van der Waals surface area contributed by atoms with Crippen molar-refractivity contribution in [3.8, 4) is 0 Å². The maximum Gasteiger partial charge on any atom is 0.317 e. The van der Waals surface area contributed by atoms with E-state index in [9.17, 15) is 9.59 Å². The van der Waals surface area contributed by atoms with Crippen LogP contribution in [-0.2, 0) is 11.2 Å². The summed E-state index contributed by atoms with van der Waals surface area (Å²) < 4.78 is 0. The molecule has 0 saturated carbocycles. The Labute approximate surface area is 141 Å². The van der Waals surface area contributed by atoms with E-state index in [2.05, 4.69) is 29.5 Å². The van der Waals surface area contributed by atoms with Gasteiger partial charge in [-0.2, -0.15) is 0 Å². The number of likely N-dealkylation sites (tertiary alicyclic amines) is 1. The zero-order valence-electron chi connectivity index (χ0n) is 13.9. The second kappa shape index (κ2) is 8.29. The van der Waals surface area contributed by atoms with Gasteiger partial charge >= 0.3 is 6.03 Å². The SMILES string of the molecule is CC(C)c1nc(CCNC(=O)N2CCC[C@H](CC(N)=O)C2)cs1. The van der Waals surface area contributed by atoms with Gasteiger partial charge in [0.2, 0.25) is 5.91 Å². The lowest BCUT2D eigenvalue weighted by atomic mass is 9.95. The van der Waals surface area contributed by atoms with Crippen molar-refractivity contribution in [2.45, 2.75) is 45.4 Å². The van der Waals surface area contributed by atoms with E-state index in [-0.39, 0.29) is 17.9 Å². The van der Waals surface area contributed by atoms with E-state index in [0.29, 0.717) is 25.4 Å². The summed E-state index contributed by atoms with van der Waals surface area (Å²) in [6.45, 7) is 6.20. The summed E-state index contributed by atoms with van der Waals surface area (Å²) in [5.74, 6) is 0.347. The maximum atomic E-state index is 12.2. The van der Waals surface area contributed by atoms with Crippen LogP contribution in [0.2, 0.25) is 0 Å². The standard InChI is InChI=1S/C16H26N4O2S/c1-11(2)15-19-13(10-23-15)5-6-18-16(22)20-7-3-4-12(9-20)8-14(17)21/h10-12H,3-9H2,1-2H3,(H2,17,21)(H,18,22)/t12-/m1/s1. The van der Waals surface area contributed by atoms with Crippen molar-refractivity contribution in [3.05, 3.63) is 16.1 Å². The van der Waals surface area contributed by atoms with Gasteiger partial charge in [0.05, 0.1) is 10.7 Å². The van der Waals surface area contributed by atoms with E-state index < -0.39 is 0 Å². The number of urea groups is 1. The number of hydrogen-bond donors (Lipinski definition) is 2. The van der Waals surface area contributed by atoms with Gasteiger partial charge in [-0.3, -0.25) is 4.79 Å². The molecule has 3 N–H and O–H groups in total. The van der Waals surface area contributed by atoms with E-state index in [4.69, 9.17) is 5.73 Å². The van der Waals surface area contributed by atoms with E-state index in [1.807, 2.05) is 0 Å². The van der Waals surface area contributed by atoms with Crippen LogP contribution in [0.3, 0.4) is 0 Å². The molecule has 1 aromatic rings. The number of carbonyl (C=O) groups excluding carboxylic acids is 2. The molecule has 1 saturated heterocycles. The molecule has 0 bridgehead atoms. The highest BCUT2D eigenvalue weighted by molar-refractivity contribution is 7.09. The number of thiazole rings is 1. The van der Waals surface area contributed by atoms with Crippen molar-refractivity contribution < 1.29 is 9.59 Å². The molecule has 0 radical (unpaired) electrons. The maximum absolute atomic E-state index is 12.2. The van der Waals surface area contributed by atoms with Gasteiger partial charge in [-0.15, -0.1) is 11.3 Å². The Hall–Kier alpha value is -1.63. The van der Waals surface area contributed by atoms with Crippen LogP contribution in [0.15, 0.2) is 5.38 Å². The van der Waals surface area contributed by atoms with Crippen LogP contribution < -0.4 is 11.1 Å². The van der Waals surface area contributed by atoms with Crippen LogP contribution in [0.4, 0.5) is 4.79 Å². The van der Waals surface area contributed by atoms with Gasteiger partial charge in [-0.1, -0.05) is 13.8 Å². The van der Waals surface area contributed by atoms with E-state index >= 15 is 0 Å². The van der Waals surface area contributed by atoms with Gasteiger partial charge in [-0.05, 0) is 18.8 Å². The lowest BCUT2D eigenvalue weighted by molar-refractivity contribution is -0.119. The first kappa shape index (κ1) is 17.7. The van der Waals surface area contributed by atoms with Crippen molar-refractivity contribution >= 4 is 23.3 Å². The highest BCUT2D eigenvalue weighted by atomic mass is 32.1. The van der Waals surface area contributed by atoms with Crippen molar-refractivity contribution in [1.29, 1.82) is 0 Å². The predicted octanol–water partition coefficient (Wildman–Crippen LogP) is 2.11. The van der Waals surface area contributed by atoms with Gasteiger partial charge < -0.3 is 16.0 Å². The largest absolute Gasteiger partial charge is 0.370 e. The summed E-state index contributed by atoms with van der Waals surface area (Å²) >= 11 is 1.67. The smallest absolute Gasteiger partial charge is 0.317 e. The Bertz CT molecular complexity index is 544. The summed E-state index contributed by atoms with van der Waals surface area (Å²) in [5, 5.41) is 6.15. The van der Waals surface area contributed by atoms with Crippen molar-refractivity contribution in [1.82, 2.24) is 15.2 Å². The molecule has 1 atom stereocenters. The Balaban J connectivity index is 1.74. The van der Waals surface area contributed by atoms with Gasteiger partial charge in [0.15, 0.2) is 0 Å². The lowest BCUT2D eigenvalue weighted by Crippen LogP contribution is -2.46. The molecule has 0 aliphatic carbocycles. The average Bonchev–Trinajstić information content (AvgIpc) is 2.96. The average molecular weight is 338 g/mol. The molecule has 2 rings (SSSR count). The summed E-state index contributed by atoms with van der Waals surface area (Å²) in [5.41, 5.74) is 6.28. The minimum absolute atomic E-state index is 0.0570. The molecule has 128 valence electrons. The van der Waals surface area contributed by atoms with Crippen molar-refractivity contribution in [2.24, 2.45) is 11.7 Å². The zero-order chi connectivity index (χ0) is 16.8. The lowest BCUT2D eigenvalue weighted by Gasteiger charge is -2.32. The first-order chi connectivity index (χ1) is 11.0. The Morgan fingerprint density at radius 3 is 2.96 bits per heavy atom. The fourth-order valence-electron chi connectivity index (χ4n) is 2.81. The number of nitrogens with zero attached hydrogens (tertiary/aromatic N) is 2. The Morgan fingerprint density at radius 1 is 1.52 bits per heavy atom. The number of piperidine rings is 1. The first-order valence-corrected chi connectivity index (χ1v) is 9.09. The molecule has 0 spiro atoms. The second-order valence-corrected chi connectivity index (χ2v) is 7.33. The highest BCUT2D eigenvalue weighted by Crippen LogP contribution is 2.20. The molecule has 3 amide bonds. The third kappa shape index (κ3) is 5.49. The Kier molecular flexibility index (Phi) is 6.38. The summed E-state index contributed by atoms with van der Waals surface area (Å²) in [7, 11) is 0. The highest BCUT2D eigenvalue weighted by Gasteiger charge is 2.24. The molecular weight excluding hydrogens is 312 g/mol. The minimum atomic E-state index is -0.290. The van der Waals surface area contributed by atoms with E-state index in [1.54, 1.807) is 16.2 Å². The second-order valence-electron chi connectivity index (χ2n) is 6.44. The van der Waals surface area contributed by atoms with Crippen LogP contribution >= 0.6 is 11.3 Å². The third-order valence-electron chi connectivity index (χ3n) is 4.02. The molecule has 7 heteroatoms. The van der Waals surface area contributed by atoms with Crippen LogP contribution in [0.5, 0.6) is 0 Å². The molecule has 2 heterocycles. The first-order valence-electron chi connectivity index (χ1n) is 8.21. The predicted molar refractivity (Wildman–Crippen MR) is 91.4 cm³/mol. The number of nitrogens with one attached hydrogen (secondary N) is 1. The molecule has 6 nitrogen and oxygen atoms in total. The van der Waals surface area contributed by atoms with E-state index in [0.717, 1.165) is 36.5 Å². The van der Waals surface area contributed by atoms with Crippen LogP contribution in [0.1, 0.15) is 49.7 Å². The zero-order valence-corrected chi connectivity index (χ0v) is 14.7. The molecule has 23 heavy (non-hydrogen) atoms. The van der Waals surface area contributed by atoms with Gasteiger partial charge in [-0.25, -0.2) is 9.78 Å². The molecule has 1 aromatic heterocycles. The molecule has 1 aliphatic heterocycles. The number of aromatic nitrogens is 1. The third-order valence-corrected chi connectivity index (χ3v) is 5.21. The van der Waals surface area contributed by atoms with Gasteiger partial charge in [0.1, 0.15) is 0 Å². The minimum Gasteiger partial charge on any atom is -0.370 e. The van der Waals surface area contributed by atoms with Crippen molar-refractivity contribution in [2.75, 3.05) is 19.6 Å². The monoisotopic (exact) mass is 338 g/mol. The van der Waals surface area contributed by atoms with Crippen molar-refractivity contribution in [3.63, 3.8) is 0 Å². The normalized spacial score (nSPS) is 18.2. The van der Waals surface area contributed by atoms with Gasteiger partial charge in [0.25, 0.3) is 0 Å². The van der Waals surface area contributed by atoms with E-state index in [1.165, 1.54) is 0 Å². The Morgan fingerprint density at radius 2 is 2.30 bits per heavy atom. The van der Waals surface area contributed by atoms with Crippen LogP contribution in [0.25, 0.3) is 0 Å². The van der Waals surface area contributed by atoms with Gasteiger partial charge in [0, 0.05) is 43.8 Å². The number of carbonyl (C=O) groups is 2. The molecular formula is C16H26N4O2S. The fourth-order valence-corrected chi connectivity index (χ4v) is 3.68. The summed E-state index contributed by atoms with van der Waals surface area (Å²) in [4.78, 5) is 29.6.